The molecule has 152 valence electrons. The summed E-state index contributed by atoms with van der Waals surface area (Å²) in [4.78, 5) is 12.7. The Morgan fingerprint density at radius 2 is 1.87 bits per heavy atom. The summed E-state index contributed by atoms with van der Waals surface area (Å²) in [5.41, 5.74) is 6.13. The van der Waals surface area contributed by atoms with Crippen molar-refractivity contribution >= 4 is 29.3 Å². The van der Waals surface area contributed by atoms with Crippen molar-refractivity contribution in [3.05, 3.63) is 86.7 Å². The fourth-order valence-electron chi connectivity index (χ4n) is 3.07. The molecule has 0 unspecified atom stereocenters. The van der Waals surface area contributed by atoms with Crippen LogP contribution in [0.2, 0.25) is 5.15 Å². The third kappa shape index (κ3) is 4.61. The molecule has 5 nitrogen and oxygen atoms in total. The van der Waals surface area contributed by atoms with Crippen LogP contribution < -0.4 is 5.32 Å². The molecule has 0 radical (unpaired) electrons. The number of rotatable bonds is 5. The van der Waals surface area contributed by atoms with Crippen molar-refractivity contribution in [2.75, 3.05) is 5.32 Å². The van der Waals surface area contributed by atoms with E-state index in [0.29, 0.717) is 28.6 Å². The van der Waals surface area contributed by atoms with Gasteiger partial charge in [0.15, 0.2) is 0 Å². The smallest absolute Gasteiger partial charge is 0.266 e. The van der Waals surface area contributed by atoms with Crippen LogP contribution in [0.3, 0.4) is 0 Å². The zero-order chi connectivity index (χ0) is 21.8. The van der Waals surface area contributed by atoms with Crippen molar-refractivity contribution < 1.29 is 4.79 Å². The van der Waals surface area contributed by atoms with Gasteiger partial charge in [0.25, 0.3) is 5.91 Å². The van der Waals surface area contributed by atoms with Gasteiger partial charge in [-0.1, -0.05) is 53.6 Å². The number of aromatic nitrogens is 2. The lowest BCUT2D eigenvalue weighted by Crippen LogP contribution is -2.14. The number of hydrogen-bond donors (Lipinski definition) is 1. The largest absolute Gasteiger partial charge is 0.321 e. The number of nitrogens with one attached hydrogen (secondary N) is 1. The number of aryl methyl sites for hydroxylation is 3. The lowest BCUT2D eigenvalue weighted by Gasteiger charge is -2.09. The standard InChI is InChI=1S/C24H23ClN4O/c1-15-8-10-19(11-9-15)14-29-23(25)21(18(4)28-29)12-20(13-26)24(30)27-22-7-5-6-16(2)17(22)3/h5-12H,14H2,1-4H3,(H,27,30)/b20-12+. The molecule has 1 N–H and O–H groups in total. The fourth-order valence-corrected chi connectivity index (χ4v) is 3.36. The molecule has 2 aromatic carbocycles. The molecule has 6 heteroatoms. The Hall–Kier alpha value is -3.36. The molecule has 0 atom stereocenters. The molecule has 0 saturated carbocycles. The Balaban J connectivity index is 1.87. The molecule has 0 aliphatic carbocycles. The van der Waals surface area contributed by atoms with Crippen molar-refractivity contribution in [3.63, 3.8) is 0 Å². The number of benzene rings is 2. The first-order valence-corrected chi connectivity index (χ1v) is 9.95. The average Bonchev–Trinajstić information content (AvgIpc) is 2.98. The first-order chi connectivity index (χ1) is 14.3. The molecule has 3 rings (SSSR count). The third-order valence-electron chi connectivity index (χ3n) is 5.07. The van der Waals surface area contributed by atoms with E-state index in [-0.39, 0.29) is 5.57 Å². The van der Waals surface area contributed by atoms with Gasteiger partial charge in [0.1, 0.15) is 16.8 Å². The van der Waals surface area contributed by atoms with Crippen LogP contribution >= 0.6 is 11.6 Å². The number of nitrogens with zero attached hydrogens (tertiary/aromatic N) is 3. The zero-order valence-electron chi connectivity index (χ0n) is 17.5. The van der Waals surface area contributed by atoms with Gasteiger partial charge in [-0.15, -0.1) is 0 Å². The maximum absolute atomic E-state index is 12.7. The van der Waals surface area contributed by atoms with Crippen LogP contribution in [0.4, 0.5) is 5.69 Å². The molecule has 3 aromatic rings. The molecular formula is C24H23ClN4O. The normalized spacial score (nSPS) is 11.3. The van der Waals surface area contributed by atoms with Crippen molar-refractivity contribution in [1.29, 1.82) is 5.26 Å². The Labute approximate surface area is 181 Å². The monoisotopic (exact) mass is 418 g/mol. The molecule has 0 saturated heterocycles. The molecule has 0 spiro atoms. The van der Waals surface area contributed by atoms with Crippen molar-refractivity contribution in [2.24, 2.45) is 0 Å². The molecule has 0 fully saturated rings. The first-order valence-electron chi connectivity index (χ1n) is 9.58. The molecule has 1 aromatic heterocycles. The summed E-state index contributed by atoms with van der Waals surface area (Å²) in [6.45, 7) is 8.24. The molecule has 30 heavy (non-hydrogen) atoms. The maximum atomic E-state index is 12.7. The van der Waals surface area contributed by atoms with Crippen LogP contribution in [0.25, 0.3) is 6.08 Å². The summed E-state index contributed by atoms with van der Waals surface area (Å²) in [7, 11) is 0. The highest BCUT2D eigenvalue weighted by Gasteiger charge is 2.17. The fraction of sp³-hybridized carbons (Fsp3) is 0.208. The van der Waals surface area contributed by atoms with E-state index in [0.717, 1.165) is 16.7 Å². The van der Waals surface area contributed by atoms with E-state index in [9.17, 15) is 10.1 Å². The Bertz CT molecular complexity index is 1170. The van der Waals surface area contributed by atoms with E-state index in [4.69, 9.17) is 11.6 Å². The maximum Gasteiger partial charge on any atom is 0.266 e. The topological polar surface area (TPSA) is 70.7 Å². The second-order valence-corrected chi connectivity index (χ2v) is 7.66. The number of halogens is 1. The molecule has 0 aliphatic rings. The van der Waals surface area contributed by atoms with Gasteiger partial charge < -0.3 is 5.32 Å². The van der Waals surface area contributed by atoms with Gasteiger partial charge in [0.05, 0.1) is 12.2 Å². The lowest BCUT2D eigenvalue weighted by molar-refractivity contribution is -0.112. The van der Waals surface area contributed by atoms with Crippen molar-refractivity contribution in [1.82, 2.24) is 9.78 Å². The summed E-state index contributed by atoms with van der Waals surface area (Å²) < 4.78 is 1.67. The van der Waals surface area contributed by atoms with Crippen molar-refractivity contribution in [3.8, 4) is 6.07 Å². The highest BCUT2D eigenvalue weighted by atomic mass is 35.5. The van der Waals surface area contributed by atoms with Gasteiger partial charge in [-0.2, -0.15) is 10.4 Å². The van der Waals surface area contributed by atoms with Gasteiger partial charge in [-0.3, -0.25) is 4.79 Å². The third-order valence-corrected chi connectivity index (χ3v) is 5.47. The Morgan fingerprint density at radius 3 is 2.53 bits per heavy atom. The Morgan fingerprint density at radius 1 is 1.17 bits per heavy atom. The second-order valence-electron chi connectivity index (χ2n) is 7.30. The van der Waals surface area contributed by atoms with Gasteiger partial charge in [-0.25, -0.2) is 4.68 Å². The highest BCUT2D eigenvalue weighted by Crippen LogP contribution is 2.25. The highest BCUT2D eigenvalue weighted by molar-refractivity contribution is 6.31. The zero-order valence-corrected chi connectivity index (χ0v) is 18.2. The van der Waals surface area contributed by atoms with Gasteiger partial charge in [-0.05, 0) is 56.5 Å². The summed E-state index contributed by atoms with van der Waals surface area (Å²) >= 11 is 6.54. The number of carbonyl (C=O) groups excluding carboxylic acids is 1. The average molecular weight is 419 g/mol. The lowest BCUT2D eigenvalue weighted by atomic mass is 10.1. The second kappa shape index (κ2) is 8.98. The quantitative estimate of drug-likeness (QED) is 0.447. The number of nitriles is 1. The predicted octanol–water partition coefficient (Wildman–Crippen LogP) is 5.36. The van der Waals surface area contributed by atoms with E-state index in [2.05, 4.69) is 10.4 Å². The number of hydrogen-bond acceptors (Lipinski definition) is 3. The van der Waals surface area contributed by atoms with Crippen LogP contribution in [0.15, 0.2) is 48.0 Å². The van der Waals surface area contributed by atoms with E-state index in [1.165, 1.54) is 11.6 Å². The number of carbonyl (C=O) groups is 1. The van der Waals surface area contributed by atoms with Crippen LogP contribution in [0, 0.1) is 39.0 Å². The SMILES string of the molecule is Cc1ccc(Cn2nc(C)c(/C=C(\C#N)C(=O)Nc3cccc(C)c3C)c2Cl)cc1. The summed E-state index contributed by atoms with van der Waals surface area (Å²) in [5.74, 6) is -0.479. The van der Waals surface area contributed by atoms with E-state index in [1.807, 2.05) is 69.3 Å². The van der Waals surface area contributed by atoms with Crippen LogP contribution in [-0.4, -0.2) is 15.7 Å². The summed E-state index contributed by atoms with van der Waals surface area (Å²) in [5, 5.41) is 17.2. The summed E-state index contributed by atoms with van der Waals surface area (Å²) in [6, 6.07) is 15.7. The van der Waals surface area contributed by atoms with E-state index >= 15 is 0 Å². The minimum absolute atomic E-state index is 0.0317. The number of amides is 1. The number of anilines is 1. The molecule has 0 bridgehead atoms. The van der Waals surface area contributed by atoms with E-state index in [1.54, 1.807) is 11.6 Å². The van der Waals surface area contributed by atoms with Gasteiger partial charge in [0, 0.05) is 11.3 Å². The molecule has 1 heterocycles. The molecular weight excluding hydrogens is 396 g/mol. The Kier molecular flexibility index (Phi) is 6.39. The minimum atomic E-state index is -0.479. The molecule has 1 amide bonds. The van der Waals surface area contributed by atoms with Crippen LogP contribution in [0.1, 0.15) is 33.5 Å². The van der Waals surface area contributed by atoms with E-state index < -0.39 is 5.91 Å². The summed E-state index contributed by atoms with van der Waals surface area (Å²) in [6.07, 6.45) is 1.50. The molecule has 0 aliphatic heterocycles. The predicted molar refractivity (Wildman–Crippen MR) is 120 cm³/mol. The van der Waals surface area contributed by atoms with Crippen LogP contribution in [0.5, 0.6) is 0 Å². The van der Waals surface area contributed by atoms with Crippen molar-refractivity contribution in [2.45, 2.75) is 34.2 Å². The van der Waals surface area contributed by atoms with Crippen LogP contribution in [-0.2, 0) is 11.3 Å². The van der Waals surface area contributed by atoms with Gasteiger partial charge in [0.2, 0.25) is 0 Å². The van der Waals surface area contributed by atoms with Gasteiger partial charge >= 0.3 is 0 Å². The minimum Gasteiger partial charge on any atom is -0.321 e. The first kappa shape index (κ1) is 21.4.